The van der Waals surface area contributed by atoms with Crippen LogP contribution in [0.25, 0.3) is 0 Å². The lowest BCUT2D eigenvalue weighted by molar-refractivity contribution is 0.581. The highest BCUT2D eigenvalue weighted by Crippen LogP contribution is 2.19. The number of nitrogens with one attached hydrogen (secondary N) is 2. The first-order valence-corrected chi connectivity index (χ1v) is 9.54. The van der Waals surface area contributed by atoms with Gasteiger partial charge in [-0.1, -0.05) is 6.92 Å². The molecule has 1 aliphatic heterocycles. The van der Waals surface area contributed by atoms with Crippen LogP contribution in [0.1, 0.15) is 38.2 Å². The molecule has 2 rings (SSSR count). The molecule has 2 unspecified atom stereocenters. The SMILES string of the molecule is CCNC(=NCC(C)c1ccsc1)NC1CCCSC1. The van der Waals surface area contributed by atoms with Crippen LogP contribution in [0.3, 0.4) is 0 Å². The van der Waals surface area contributed by atoms with Gasteiger partial charge in [0.2, 0.25) is 0 Å². The van der Waals surface area contributed by atoms with Gasteiger partial charge in [0.25, 0.3) is 0 Å². The van der Waals surface area contributed by atoms with E-state index in [1.165, 1.54) is 29.9 Å². The maximum Gasteiger partial charge on any atom is 0.191 e. The van der Waals surface area contributed by atoms with E-state index in [9.17, 15) is 0 Å². The van der Waals surface area contributed by atoms with Gasteiger partial charge in [-0.25, -0.2) is 0 Å². The molecule has 3 nitrogen and oxygen atoms in total. The molecule has 1 fully saturated rings. The van der Waals surface area contributed by atoms with Crippen molar-refractivity contribution in [2.45, 2.75) is 38.6 Å². The van der Waals surface area contributed by atoms with Crippen molar-refractivity contribution in [1.82, 2.24) is 10.6 Å². The Hall–Kier alpha value is -0.680. The lowest BCUT2D eigenvalue weighted by Gasteiger charge is -2.24. The summed E-state index contributed by atoms with van der Waals surface area (Å²) in [6.45, 7) is 6.12. The molecule has 5 heteroatoms. The molecule has 1 saturated heterocycles. The number of thioether (sulfide) groups is 1. The molecule has 0 aliphatic carbocycles. The second-order valence-electron chi connectivity index (χ2n) is 5.24. The Morgan fingerprint density at radius 3 is 3.10 bits per heavy atom. The number of hydrogen-bond acceptors (Lipinski definition) is 3. The molecule has 2 N–H and O–H groups in total. The van der Waals surface area contributed by atoms with Crippen molar-refractivity contribution < 1.29 is 0 Å². The highest BCUT2D eigenvalue weighted by molar-refractivity contribution is 7.99. The summed E-state index contributed by atoms with van der Waals surface area (Å²) in [6, 6.07) is 2.77. The molecule has 0 saturated carbocycles. The largest absolute Gasteiger partial charge is 0.357 e. The Kier molecular flexibility index (Phi) is 6.73. The molecule has 20 heavy (non-hydrogen) atoms. The van der Waals surface area contributed by atoms with Gasteiger partial charge in [0, 0.05) is 30.8 Å². The standard InChI is InChI=1S/C15H25N3S2/c1-3-16-15(18-14-5-4-7-19-11-14)17-9-12(2)13-6-8-20-10-13/h6,8,10,12,14H,3-5,7,9,11H2,1-2H3,(H2,16,17,18). The molecule has 1 aromatic heterocycles. The Labute approximate surface area is 130 Å². The second-order valence-corrected chi connectivity index (χ2v) is 7.17. The summed E-state index contributed by atoms with van der Waals surface area (Å²) in [5, 5.41) is 11.3. The summed E-state index contributed by atoms with van der Waals surface area (Å²) in [4.78, 5) is 4.75. The topological polar surface area (TPSA) is 36.4 Å². The predicted octanol–water partition coefficient (Wildman–Crippen LogP) is 3.30. The summed E-state index contributed by atoms with van der Waals surface area (Å²) < 4.78 is 0. The van der Waals surface area contributed by atoms with Crippen molar-refractivity contribution in [3.05, 3.63) is 22.4 Å². The summed E-state index contributed by atoms with van der Waals surface area (Å²) in [7, 11) is 0. The third-order valence-corrected chi connectivity index (χ3v) is 5.40. The number of aliphatic imine (C=N–C) groups is 1. The minimum atomic E-state index is 0.484. The van der Waals surface area contributed by atoms with E-state index in [-0.39, 0.29) is 0 Å². The summed E-state index contributed by atoms with van der Waals surface area (Å²) >= 11 is 3.80. The zero-order valence-corrected chi connectivity index (χ0v) is 14.0. The van der Waals surface area contributed by atoms with Gasteiger partial charge >= 0.3 is 0 Å². The molecular formula is C15H25N3S2. The zero-order chi connectivity index (χ0) is 14.2. The van der Waals surface area contributed by atoms with Crippen molar-refractivity contribution in [3.8, 4) is 0 Å². The van der Waals surface area contributed by atoms with E-state index in [4.69, 9.17) is 4.99 Å². The van der Waals surface area contributed by atoms with Gasteiger partial charge in [-0.3, -0.25) is 4.99 Å². The number of thiophene rings is 1. The van der Waals surface area contributed by atoms with E-state index < -0.39 is 0 Å². The second kappa shape index (κ2) is 8.57. The number of nitrogens with zero attached hydrogens (tertiary/aromatic N) is 1. The Balaban J connectivity index is 1.87. The highest BCUT2D eigenvalue weighted by Gasteiger charge is 2.15. The smallest absolute Gasteiger partial charge is 0.191 e. The normalized spacial score (nSPS) is 21.5. The third kappa shape index (κ3) is 5.02. The van der Waals surface area contributed by atoms with E-state index >= 15 is 0 Å². The first-order chi connectivity index (χ1) is 9.79. The van der Waals surface area contributed by atoms with E-state index in [2.05, 4.69) is 41.3 Å². The van der Waals surface area contributed by atoms with Crippen LogP contribution in [-0.4, -0.2) is 36.6 Å². The first-order valence-electron chi connectivity index (χ1n) is 7.44. The summed E-state index contributed by atoms with van der Waals surface area (Å²) in [5.74, 6) is 3.96. The van der Waals surface area contributed by atoms with Gasteiger partial charge in [-0.15, -0.1) is 0 Å². The number of rotatable bonds is 5. The molecule has 0 spiro atoms. The van der Waals surface area contributed by atoms with Crippen LogP contribution in [0.5, 0.6) is 0 Å². The fraction of sp³-hybridized carbons (Fsp3) is 0.667. The average molecular weight is 312 g/mol. The summed E-state index contributed by atoms with van der Waals surface area (Å²) in [5.41, 5.74) is 1.39. The van der Waals surface area contributed by atoms with E-state index in [1.54, 1.807) is 11.3 Å². The quantitative estimate of drug-likeness (QED) is 0.647. The van der Waals surface area contributed by atoms with Crippen molar-refractivity contribution in [2.75, 3.05) is 24.6 Å². The maximum atomic E-state index is 4.75. The van der Waals surface area contributed by atoms with Gasteiger partial charge in [0.05, 0.1) is 0 Å². The van der Waals surface area contributed by atoms with Crippen LogP contribution in [-0.2, 0) is 0 Å². The van der Waals surface area contributed by atoms with Crippen LogP contribution in [0.4, 0.5) is 0 Å². The predicted molar refractivity (Wildman–Crippen MR) is 92.2 cm³/mol. The fourth-order valence-electron chi connectivity index (χ4n) is 2.26. The molecular weight excluding hydrogens is 286 g/mol. The van der Waals surface area contributed by atoms with Crippen molar-refractivity contribution >= 4 is 29.1 Å². The molecule has 1 aliphatic rings. The van der Waals surface area contributed by atoms with Crippen LogP contribution < -0.4 is 10.6 Å². The molecule has 2 heterocycles. The minimum absolute atomic E-state index is 0.484. The lowest BCUT2D eigenvalue weighted by Crippen LogP contribution is -2.45. The highest BCUT2D eigenvalue weighted by atomic mass is 32.2. The Morgan fingerprint density at radius 2 is 2.45 bits per heavy atom. The van der Waals surface area contributed by atoms with Crippen molar-refractivity contribution in [1.29, 1.82) is 0 Å². The monoisotopic (exact) mass is 311 g/mol. The van der Waals surface area contributed by atoms with Gasteiger partial charge in [-0.05, 0) is 47.9 Å². The molecule has 1 aromatic rings. The van der Waals surface area contributed by atoms with Gasteiger partial charge in [-0.2, -0.15) is 23.1 Å². The van der Waals surface area contributed by atoms with Gasteiger partial charge in [0.15, 0.2) is 5.96 Å². The molecule has 0 radical (unpaired) electrons. The Morgan fingerprint density at radius 1 is 1.55 bits per heavy atom. The van der Waals surface area contributed by atoms with Crippen LogP contribution in [0, 0.1) is 0 Å². The van der Waals surface area contributed by atoms with Crippen LogP contribution in [0.2, 0.25) is 0 Å². The maximum absolute atomic E-state index is 4.75. The van der Waals surface area contributed by atoms with Gasteiger partial charge < -0.3 is 10.6 Å². The van der Waals surface area contributed by atoms with E-state index in [0.717, 1.165) is 19.0 Å². The molecule has 112 valence electrons. The first kappa shape index (κ1) is 15.7. The molecule has 0 bridgehead atoms. The average Bonchev–Trinajstić information content (AvgIpc) is 3.00. The molecule has 2 atom stereocenters. The lowest BCUT2D eigenvalue weighted by atomic mass is 10.1. The van der Waals surface area contributed by atoms with Gasteiger partial charge in [0.1, 0.15) is 0 Å². The fourth-order valence-corrected chi connectivity index (χ4v) is 4.11. The van der Waals surface area contributed by atoms with Crippen molar-refractivity contribution in [2.24, 2.45) is 4.99 Å². The number of guanidine groups is 1. The van der Waals surface area contributed by atoms with Crippen molar-refractivity contribution in [3.63, 3.8) is 0 Å². The number of hydrogen-bond donors (Lipinski definition) is 2. The van der Waals surface area contributed by atoms with E-state index in [0.29, 0.717) is 12.0 Å². The summed E-state index contributed by atoms with van der Waals surface area (Å²) in [6.07, 6.45) is 2.57. The molecule has 0 amide bonds. The minimum Gasteiger partial charge on any atom is -0.357 e. The third-order valence-electron chi connectivity index (χ3n) is 3.48. The molecule has 0 aromatic carbocycles. The Bertz CT molecular complexity index is 397. The van der Waals surface area contributed by atoms with Crippen LogP contribution >= 0.6 is 23.1 Å². The zero-order valence-electron chi connectivity index (χ0n) is 12.4. The van der Waals surface area contributed by atoms with E-state index in [1.807, 2.05) is 11.8 Å². The van der Waals surface area contributed by atoms with Crippen LogP contribution in [0.15, 0.2) is 21.8 Å².